The molecule has 1 unspecified atom stereocenters. The molecule has 4 nitrogen and oxygen atoms in total. The minimum absolute atomic E-state index is 0.481. The number of primary amides is 1. The van der Waals surface area contributed by atoms with Crippen LogP contribution in [-0.2, 0) is 9.59 Å². The van der Waals surface area contributed by atoms with Crippen molar-refractivity contribution in [1.29, 1.82) is 0 Å². The summed E-state index contributed by atoms with van der Waals surface area (Å²) >= 11 is 5.01. The van der Waals surface area contributed by atoms with Crippen molar-refractivity contribution in [1.82, 2.24) is 0 Å². The van der Waals surface area contributed by atoms with Gasteiger partial charge in [0.2, 0.25) is 5.91 Å². The lowest BCUT2D eigenvalue weighted by atomic mass is 10.5. The molecule has 0 saturated carbocycles. The standard InChI is InChI=1S/C3H5ClO2.C3H5NO/c1-2(4)3(5)6;1-2-3(4)5/h2H,1H3,(H,5,6);2H,1H2,(H2,4,5). The van der Waals surface area contributed by atoms with Gasteiger partial charge in [0, 0.05) is 0 Å². The van der Waals surface area contributed by atoms with Gasteiger partial charge >= 0.3 is 5.97 Å². The smallest absolute Gasteiger partial charge is 0.321 e. The lowest BCUT2D eigenvalue weighted by Crippen LogP contribution is -2.06. The van der Waals surface area contributed by atoms with Gasteiger partial charge in [0.1, 0.15) is 5.38 Å². The maximum Gasteiger partial charge on any atom is 0.321 e. The molecule has 1 amide bonds. The maximum absolute atomic E-state index is 9.57. The summed E-state index contributed by atoms with van der Waals surface area (Å²) in [6, 6.07) is 0. The van der Waals surface area contributed by atoms with Gasteiger partial charge in [-0.15, -0.1) is 11.6 Å². The molecule has 0 aromatic carbocycles. The van der Waals surface area contributed by atoms with Crippen LogP contribution in [0.25, 0.3) is 0 Å². The molecule has 1 atom stereocenters. The Balaban J connectivity index is 0. The summed E-state index contributed by atoms with van der Waals surface area (Å²) in [6.07, 6.45) is 1.06. The van der Waals surface area contributed by atoms with Gasteiger partial charge in [0.15, 0.2) is 0 Å². The number of carbonyl (C=O) groups is 2. The second-order valence-corrected chi connectivity index (χ2v) is 2.22. The fourth-order valence-corrected chi connectivity index (χ4v) is 0. The fraction of sp³-hybridized carbons (Fsp3) is 0.333. The summed E-state index contributed by atoms with van der Waals surface area (Å²) < 4.78 is 0. The third-order valence-electron chi connectivity index (χ3n) is 0.541. The first-order chi connectivity index (χ1) is 4.91. The van der Waals surface area contributed by atoms with E-state index >= 15 is 0 Å². The molecular formula is C6H10ClNO3. The number of halogens is 1. The number of aliphatic carboxylic acids is 1. The van der Waals surface area contributed by atoms with Gasteiger partial charge in [-0.05, 0) is 13.0 Å². The van der Waals surface area contributed by atoms with Gasteiger partial charge in [0.05, 0.1) is 0 Å². The summed E-state index contributed by atoms with van der Waals surface area (Å²) in [7, 11) is 0. The molecule has 3 N–H and O–H groups in total. The van der Waals surface area contributed by atoms with Crippen molar-refractivity contribution in [3.8, 4) is 0 Å². The van der Waals surface area contributed by atoms with Crippen molar-refractivity contribution in [2.45, 2.75) is 12.3 Å². The summed E-state index contributed by atoms with van der Waals surface area (Å²) in [6.45, 7) is 4.49. The van der Waals surface area contributed by atoms with E-state index in [1.807, 2.05) is 0 Å². The topological polar surface area (TPSA) is 80.4 Å². The lowest BCUT2D eigenvalue weighted by Gasteiger charge is -1.86. The molecule has 0 bridgehead atoms. The third kappa shape index (κ3) is 17.6. The zero-order valence-electron chi connectivity index (χ0n) is 6.08. The Morgan fingerprint density at radius 3 is 1.91 bits per heavy atom. The Morgan fingerprint density at radius 1 is 1.73 bits per heavy atom. The molecule has 0 saturated heterocycles. The number of carboxylic acid groups (broad SMARTS) is 1. The first-order valence-corrected chi connectivity index (χ1v) is 3.14. The molecule has 0 aliphatic carbocycles. The van der Waals surface area contributed by atoms with Crippen molar-refractivity contribution in [2.24, 2.45) is 5.73 Å². The largest absolute Gasteiger partial charge is 0.480 e. The van der Waals surface area contributed by atoms with E-state index in [2.05, 4.69) is 12.3 Å². The van der Waals surface area contributed by atoms with Crippen LogP contribution in [-0.4, -0.2) is 22.4 Å². The number of hydrogen-bond donors (Lipinski definition) is 2. The van der Waals surface area contributed by atoms with Crippen LogP contribution in [0.4, 0.5) is 0 Å². The zero-order valence-corrected chi connectivity index (χ0v) is 6.84. The minimum atomic E-state index is -0.975. The van der Waals surface area contributed by atoms with E-state index in [0.717, 1.165) is 6.08 Å². The van der Waals surface area contributed by atoms with Crippen molar-refractivity contribution in [3.63, 3.8) is 0 Å². The van der Waals surface area contributed by atoms with E-state index in [4.69, 9.17) is 16.7 Å². The Bertz CT molecular complexity index is 156. The van der Waals surface area contributed by atoms with Crippen LogP contribution in [0.1, 0.15) is 6.92 Å². The van der Waals surface area contributed by atoms with Gasteiger partial charge in [-0.25, -0.2) is 0 Å². The average molecular weight is 180 g/mol. The van der Waals surface area contributed by atoms with E-state index in [-0.39, 0.29) is 0 Å². The van der Waals surface area contributed by atoms with Crippen LogP contribution < -0.4 is 5.73 Å². The van der Waals surface area contributed by atoms with Gasteiger partial charge in [-0.2, -0.15) is 0 Å². The number of rotatable bonds is 2. The van der Waals surface area contributed by atoms with E-state index in [9.17, 15) is 9.59 Å². The molecule has 0 heterocycles. The number of hydrogen-bond acceptors (Lipinski definition) is 2. The monoisotopic (exact) mass is 179 g/mol. The predicted octanol–water partition coefficient (Wildman–Crippen LogP) is 0.356. The first-order valence-electron chi connectivity index (χ1n) is 2.70. The molecule has 11 heavy (non-hydrogen) atoms. The molecule has 0 radical (unpaired) electrons. The van der Waals surface area contributed by atoms with Crippen LogP contribution in [0.2, 0.25) is 0 Å². The molecule has 0 aromatic heterocycles. The van der Waals surface area contributed by atoms with Gasteiger partial charge in [-0.1, -0.05) is 6.58 Å². The fourth-order valence-electron chi connectivity index (χ4n) is 0. The normalized spacial score (nSPS) is 10.4. The molecule has 64 valence electrons. The molecule has 0 fully saturated rings. The van der Waals surface area contributed by atoms with Crippen LogP contribution in [0, 0.1) is 0 Å². The summed E-state index contributed by atoms with van der Waals surface area (Å²) in [5.41, 5.74) is 4.53. The van der Waals surface area contributed by atoms with E-state index in [1.165, 1.54) is 6.92 Å². The van der Waals surface area contributed by atoms with Crippen LogP contribution >= 0.6 is 11.6 Å². The van der Waals surface area contributed by atoms with Gasteiger partial charge in [0.25, 0.3) is 0 Å². The number of carbonyl (C=O) groups excluding carboxylic acids is 1. The van der Waals surface area contributed by atoms with E-state index < -0.39 is 17.3 Å². The maximum atomic E-state index is 9.57. The lowest BCUT2D eigenvalue weighted by molar-refractivity contribution is -0.136. The molecular weight excluding hydrogens is 170 g/mol. The van der Waals surface area contributed by atoms with E-state index in [0.29, 0.717) is 0 Å². The number of amides is 1. The highest BCUT2D eigenvalue weighted by atomic mass is 35.5. The Kier molecular flexibility index (Phi) is 8.13. The van der Waals surface area contributed by atoms with Crippen LogP contribution in [0.5, 0.6) is 0 Å². The number of carboxylic acids is 1. The Morgan fingerprint density at radius 2 is 1.91 bits per heavy atom. The molecule has 0 aliphatic rings. The second-order valence-electron chi connectivity index (χ2n) is 1.56. The van der Waals surface area contributed by atoms with Crippen LogP contribution in [0.3, 0.4) is 0 Å². The molecule has 0 rings (SSSR count). The third-order valence-corrected chi connectivity index (χ3v) is 0.728. The summed E-state index contributed by atoms with van der Waals surface area (Å²) in [5.74, 6) is -1.46. The number of nitrogens with two attached hydrogens (primary N) is 1. The van der Waals surface area contributed by atoms with Gasteiger partial charge in [-0.3, -0.25) is 9.59 Å². The highest BCUT2D eigenvalue weighted by Crippen LogP contribution is 1.89. The summed E-state index contributed by atoms with van der Waals surface area (Å²) in [5, 5.41) is 7.10. The second kappa shape index (κ2) is 7.08. The Hall–Kier alpha value is -1.03. The van der Waals surface area contributed by atoms with Crippen molar-refractivity contribution >= 4 is 23.5 Å². The van der Waals surface area contributed by atoms with Crippen molar-refractivity contribution < 1.29 is 14.7 Å². The van der Waals surface area contributed by atoms with Crippen LogP contribution in [0.15, 0.2) is 12.7 Å². The molecule has 0 aliphatic heterocycles. The summed E-state index contributed by atoms with van der Waals surface area (Å²) in [4.78, 5) is 19.0. The molecule has 5 heteroatoms. The minimum Gasteiger partial charge on any atom is -0.480 e. The Labute approximate surface area is 69.6 Å². The van der Waals surface area contributed by atoms with Crippen molar-refractivity contribution in [2.75, 3.05) is 0 Å². The first kappa shape index (κ1) is 12.6. The van der Waals surface area contributed by atoms with Gasteiger partial charge < -0.3 is 10.8 Å². The zero-order chi connectivity index (χ0) is 9.44. The average Bonchev–Trinajstić information content (AvgIpc) is 1.89. The highest BCUT2D eigenvalue weighted by molar-refractivity contribution is 6.29. The van der Waals surface area contributed by atoms with Crippen molar-refractivity contribution in [3.05, 3.63) is 12.7 Å². The van der Waals surface area contributed by atoms with E-state index in [1.54, 1.807) is 0 Å². The predicted molar refractivity (Wildman–Crippen MR) is 42.3 cm³/mol. The quantitative estimate of drug-likeness (QED) is 0.474. The highest BCUT2D eigenvalue weighted by Gasteiger charge is 2.02. The molecule has 0 aromatic rings. The molecule has 0 spiro atoms. The number of alkyl halides is 1. The SMILES string of the molecule is C=CC(N)=O.CC(Cl)C(=O)O.